The van der Waals surface area contributed by atoms with Crippen molar-refractivity contribution in [3.05, 3.63) is 51.5 Å². The Hall–Kier alpha value is -1.76. The number of carbonyl (C=O) groups excluding carboxylic acids is 1. The smallest absolute Gasteiger partial charge is 0.226 e. The first kappa shape index (κ1) is 20.0. The van der Waals surface area contributed by atoms with Gasteiger partial charge in [-0.05, 0) is 31.4 Å². The van der Waals surface area contributed by atoms with Crippen LogP contribution in [0.4, 0.5) is 0 Å². The minimum atomic E-state index is 0.0198. The number of hydrogen-bond donors (Lipinski definition) is 1. The summed E-state index contributed by atoms with van der Waals surface area (Å²) in [6.45, 7) is 9.64. The Morgan fingerprint density at radius 3 is 2.63 bits per heavy atom. The number of benzene rings is 1. The van der Waals surface area contributed by atoms with Gasteiger partial charge >= 0.3 is 0 Å². The first-order valence-electron chi connectivity index (χ1n) is 9.68. The molecule has 146 valence electrons. The number of hydrogen-bond acceptors (Lipinski definition) is 5. The van der Waals surface area contributed by atoms with Gasteiger partial charge in [0.2, 0.25) is 5.91 Å². The lowest BCUT2D eigenvalue weighted by molar-refractivity contribution is -0.120. The molecular weight excluding hydrogens is 358 g/mol. The molecule has 3 rings (SSSR count). The summed E-state index contributed by atoms with van der Waals surface area (Å²) in [6, 6.07) is 8.35. The highest BCUT2D eigenvalue weighted by Crippen LogP contribution is 2.17. The molecule has 1 fully saturated rings. The van der Waals surface area contributed by atoms with Crippen LogP contribution in [0.25, 0.3) is 0 Å². The van der Waals surface area contributed by atoms with E-state index in [-0.39, 0.29) is 18.1 Å². The molecule has 2 aromatic rings. The first-order valence-corrected chi connectivity index (χ1v) is 10.6. The highest BCUT2D eigenvalue weighted by atomic mass is 32.1. The molecule has 1 aromatic heterocycles. The molecule has 0 spiro atoms. The fourth-order valence-corrected chi connectivity index (χ4v) is 4.30. The Labute approximate surface area is 165 Å². The second-order valence-electron chi connectivity index (χ2n) is 7.26. The van der Waals surface area contributed by atoms with Gasteiger partial charge in [0.05, 0.1) is 29.3 Å². The molecule has 0 radical (unpaired) electrons. The summed E-state index contributed by atoms with van der Waals surface area (Å²) >= 11 is 1.62. The quantitative estimate of drug-likeness (QED) is 0.793. The van der Waals surface area contributed by atoms with E-state index in [1.54, 1.807) is 11.3 Å². The number of morpholine rings is 1. The van der Waals surface area contributed by atoms with Gasteiger partial charge in [-0.3, -0.25) is 9.69 Å². The number of ether oxygens (including phenoxy) is 1. The van der Waals surface area contributed by atoms with Crippen molar-refractivity contribution in [3.8, 4) is 0 Å². The van der Waals surface area contributed by atoms with Crippen molar-refractivity contribution in [1.82, 2.24) is 15.2 Å². The minimum absolute atomic E-state index is 0.0198. The van der Waals surface area contributed by atoms with Gasteiger partial charge in [-0.1, -0.05) is 31.2 Å². The van der Waals surface area contributed by atoms with Crippen molar-refractivity contribution in [2.24, 2.45) is 0 Å². The highest BCUT2D eigenvalue weighted by molar-refractivity contribution is 7.09. The monoisotopic (exact) mass is 387 g/mol. The summed E-state index contributed by atoms with van der Waals surface area (Å²) < 4.78 is 5.83. The molecule has 0 bridgehead atoms. The van der Waals surface area contributed by atoms with Gasteiger partial charge in [0.1, 0.15) is 0 Å². The molecule has 2 atom stereocenters. The van der Waals surface area contributed by atoms with Crippen molar-refractivity contribution in [2.75, 3.05) is 13.1 Å². The largest absolute Gasteiger partial charge is 0.373 e. The van der Waals surface area contributed by atoms with Crippen LogP contribution in [0.2, 0.25) is 0 Å². The maximum absolute atomic E-state index is 12.3. The Morgan fingerprint density at radius 2 is 1.96 bits per heavy atom. The number of aryl methyl sites for hydroxylation is 1. The third kappa shape index (κ3) is 5.86. The van der Waals surface area contributed by atoms with Gasteiger partial charge in [-0.25, -0.2) is 4.98 Å². The number of thiazole rings is 1. The van der Waals surface area contributed by atoms with E-state index in [0.717, 1.165) is 36.8 Å². The molecule has 0 saturated carbocycles. The predicted octanol–water partition coefficient (Wildman–Crippen LogP) is 3.17. The Bertz CT molecular complexity index is 751. The van der Waals surface area contributed by atoms with Crippen LogP contribution in [0.3, 0.4) is 0 Å². The molecule has 1 aliphatic rings. The highest BCUT2D eigenvalue weighted by Gasteiger charge is 2.22. The van der Waals surface area contributed by atoms with Crippen LogP contribution < -0.4 is 5.32 Å². The summed E-state index contributed by atoms with van der Waals surface area (Å²) in [4.78, 5) is 19.2. The molecular formula is C21H29N3O2S. The molecule has 1 aromatic carbocycles. The number of aromatic nitrogens is 1. The fraction of sp³-hybridized carbons (Fsp3) is 0.524. The van der Waals surface area contributed by atoms with Crippen molar-refractivity contribution in [2.45, 2.75) is 58.9 Å². The molecule has 1 saturated heterocycles. The number of amides is 1. The molecule has 2 heterocycles. The number of nitrogens with one attached hydrogen (secondary N) is 1. The van der Waals surface area contributed by atoms with Crippen LogP contribution >= 0.6 is 11.3 Å². The van der Waals surface area contributed by atoms with E-state index in [4.69, 9.17) is 4.74 Å². The van der Waals surface area contributed by atoms with Gasteiger partial charge in [0.25, 0.3) is 0 Å². The number of carbonyl (C=O) groups is 1. The number of rotatable bonds is 7. The molecule has 1 N–H and O–H groups in total. The van der Waals surface area contributed by atoms with Gasteiger partial charge in [0.15, 0.2) is 0 Å². The number of nitrogens with zero attached hydrogens (tertiary/aromatic N) is 2. The van der Waals surface area contributed by atoms with Crippen molar-refractivity contribution in [3.63, 3.8) is 0 Å². The lowest BCUT2D eigenvalue weighted by Gasteiger charge is -2.35. The van der Waals surface area contributed by atoms with Gasteiger partial charge in [-0.2, -0.15) is 0 Å². The van der Waals surface area contributed by atoms with E-state index in [1.165, 1.54) is 11.1 Å². The zero-order chi connectivity index (χ0) is 19.2. The van der Waals surface area contributed by atoms with Crippen LogP contribution in [0.5, 0.6) is 0 Å². The van der Waals surface area contributed by atoms with Crippen LogP contribution in [0.15, 0.2) is 29.6 Å². The third-order valence-corrected chi connectivity index (χ3v) is 5.77. The molecule has 5 nitrogen and oxygen atoms in total. The van der Waals surface area contributed by atoms with E-state index in [9.17, 15) is 4.79 Å². The minimum Gasteiger partial charge on any atom is -0.373 e. The molecule has 6 heteroatoms. The summed E-state index contributed by atoms with van der Waals surface area (Å²) in [5.41, 5.74) is 3.30. The van der Waals surface area contributed by atoms with Crippen molar-refractivity contribution >= 4 is 17.2 Å². The first-order chi connectivity index (χ1) is 13.0. The van der Waals surface area contributed by atoms with Gasteiger partial charge < -0.3 is 10.1 Å². The van der Waals surface area contributed by atoms with Gasteiger partial charge in [0, 0.05) is 31.6 Å². The zero-order valence-corrected chi connectivity index (χ0v) is 17.2. The van der Waals surface area contributed by atoms with Gasteiger partial charge in [-0.15, -0.1) is 11.3 Å². The molecule has 27 heavy (non-hydrogen) atoms. The van der Waals surface area contributed by atoms with E-state index in [2.05, 4.69) is 54.2 Å². The third-order valence-electron chi connectivity index (χ3n) is 4.73. The van der Waals surface area contributed by atoms with Crippen LogP contribution in [-0.2, 0) is 35.5 Å². The Balaban J connectivity index is 1.56. The van der Waals surface area contributed by atoms with E-state index >= 15 is 0 Å². The van der Waals surface area contributed by atoms with E-state index in [1.807, 2.05) is 11.4 Å². The predicted molar refractivity (Wildman–Crippen MR) is 109 cm³/mol. The van der Waals surface area contributed by atoms with Crippen LogP contribution in [-0.4, -0.2) is 41.1 Å². The average molecular weight is 388 g/mol. The molecule has 1 aliphatic heterocycles. The summed E-state index contributed by atoms with van der Waals surface area (Å²) in [5.74, 6) is 0.0198. The van der Waals surface area contributed by atoms with E-state index < -0.39 is 0 Å². The van der Waals surface area contributed by atoms with Crippen molar-refractivity contribution < 1.29 is 9.53 Å². The average Bonchev–Trinajstić information content (AvgIpc) is 3.07. The van der Waals surface area contributed by atoms with Crippen LogP contribution in [0.1, 0.15) is 42.6 Å². The standard InChI is InChI=1S/C21H29N3O2S/c1-4-21-23-19(14-27-21)9-20(25)22-10-17-7-5-6-8-18(17)13-24-11-15(2)26-16(3)12-24/h5-8,14-16H,4,9-13H2,1-3H3,(H,22,25)/t15-,16+. The summed E-state index contributed by atoms with van der Waals surface area (Å²) in [6.07, 6.45) is 1.77. The summed E-state index contributed by atoms with van der Waals surface area (Å²) in [7, 11) is 0. The molecule has 0 unspecified atom stereocenters. The molecule has 0 aliphatic carbocycles. The maximum Gasteiger partial charge on any atom is 0.226 e. The lowest BCUT2D eigenvalue weighted by Crippen LogP contribution is -2.45. The second kappa shape index (κ2) is 9.44. The topological polar surface area (TPSA) is 54.5 Å². The normalized spacial score (nSPS) is 20.6. The van der Waals surface area contributed by atoms with Crippen LogP contribution in [0, 0.1) is 0 Å². The van der Waals surface area contributed by atoms with Crippen molar-refractivity contribution in [1.29, 1.82) is 0 Å². The maximum atomic E-state index is 12.3. The second-order valence-corrected chi connectivity index (χ2v) is 8.20. The summed E-state index contributed by atoms with van der Waals surface area (Å²) in [5, 5.41) is 6.11. The van der Waals surface area contributed by atoms with E-state index in [0.29, 0.717) is 13.0 Å². The Kier molecular flexibility index (Phi) is 6.99. The zero-order valence-electron chi connectivity index (χ0n) is 16.4. The SMILES string of the molecule is CCc1nc(CC(=O)NCc2ccccc2CN2C[C@@H](C)O[C@@H](C)C2)cs1. The lowest BCUT2D eigenvalue weighted by atomic mass is 10.1. The molecule has 1 amide bonds. The fourth-order valence-electron chi connectivity index (χ4n) is 3.55. The Morgan fingerprint density at radius 1 is 1.26 bits per heavy atom.